The van der Waals surface area contributed by atoms with Gasteiger partial charge in [-0.3, -0.25) is 4.79 Å². The van der Waals surface area contributed by atoms with E-state index in [0.29, 0.717) is 13.0 Å². The molecule has 0 aromatic heterocycles. The molecular weight excluding hydrogens is 302 g/mol. The van der Waals surface area contributed by atoms with Gasteiger partial charge in [0.15, 0.2) is 0 Å². The Kier molecular flexibility index (Phi) is 5.13. The topological polar surface area (TPSA) is 62.4 Å². The standard InChI is InChI=1S/C19H23N3O2/c1-3-24-16-10-6-14(7-11-16)17-12-18(22-21-17)19(23)20-15-8-4-13(2)5-9-15/h4-11,17-18,21-22H,3,12H2,1-2H3,(H,20,23). The molecule has 1 fully saturated rings. The number of ether oxygens (including phenoxy) is 1. The first kappa shape index (κ1) is 16.5. The zero-order valence-electron chi connectivity index (χ0n) is 14.0. The largest absolute Gasteiger partial charge is 0.494 e. The number of hydrazine groups is 1. The molecule has 2 aromatic carbocycles. The van der Waals surface area contributed by atoms with Crippen LogP contribution in [0.1, 0.15) is 30.5 Å². The first-order valence-corrected chi connectivity index (χ1v) is 8.27. The summed E-state index contributed by atoms with van der Waals surface area (Å²) in [6, 6.07) is 15.6. The van der Waals surface area contributed by atoms with E-state index in [4.69, 9.17) is 4.74 Å². The fourth-order valence-electron chi connectivity index (χ4n) is 2.78. The van der Waals surface area contributed by atoms with E-state index < -0.39 is 0 Å². The Morgan fingerprint density at radius 2 is 1.83 bits per heavy atom. The van der Waals surface area contributed by atoms with Gasteiger partial charge in [0.25, 0.3) is 0 Å². The van der Waals surface area contributed by atoms with Gasteiger partial charge in [-0.25, -0.2) is 10.9 Å². The highest BCUT2D eigenvalue weighted by Crippen LogP contribution is 2.25. The third-order valence-corrected chi connectivity index (χ3v) is 4.13. The molecule has 1 heterocycles. The Labute approximate surface area is 142 Å². The molecule has 2 aromatic rings. The Balaban J connectivity index is 1.58. The highest BCUT2D eigenvalue weighted by atomic mass is 16.5. The lowest BCUT2D eigenvalue weighted by Gasteiger charge is -2.11. The van der Waals surface area contributed by atoms with Crippen LogP contribution in [0.2, 0.25) is 0 Å². The molecule has 0 radical (unpaired) electrons. The number of anilines is 1. The molecular formula is C19H23N3O2. The van der Waals surface area contributed by atoms with Crippen LogP contribution >= 0.6 is 0 Å². The molecule has 126 valence electrons. The van der Waals surface area contributed by atoms with Crippen molar-refractivity contribution in [3.63, 3.8) is 0 Å². The van der Waals surface area contributed by atoms with Crippen LogP contribution in [-0.4, -0.2) is 18.6 Å². The van der Waals surface area contributed by atoms with Crippen LogP contribution in [-0.2, 0) is 4.79 Å². The molecule has 1 amide bonds. The van der Waals surface area contributed by atoms with Crippen LogP contribution in [0.3, 0.4) is 0 Å². The van der Waals surface area contributed by atoms with Gasteiger partial charge in [0.05, 0.1) is 6.61 Å². The van der Waals surface area contributed by atoms with E-state index in [0.717, 1.165) is 17.0 Å². The number of rotatable bonds is 5. The number of amides is 1. The van der Waals surface area contributed by atoms with Crippen molar-refractivity contribution in [2.75, 3.05) is 11.9 Å². The zero-order valence-corrected chi connectivity index (χ0v) is 14.0. The van der Waals surface area contributed by atoms with Crippen LogP contribution in [0.4, 0.5) is 5.69 Å². The SMILES string of the molecule is CCOc1ccc(C2CC(C(=O)Nc3ccc(C)cc3)NN2)cc1. The molecule has 1 aliphatic heterocycles. The van der Waals surface area contributed by atoms with Gasteiger partial charge >= 0.3 is 0 Å². The van der Waals surface area contributed by atoms with Crippen molar-refractivity contribution in [2.24, 2.45) is 0 Å². The second-order valence-electron chi connectivity index (χ2n) is 5.99. The van der Waals surface area contributed by atoms with Gasteiger partial charge in [-0.1, -0.05) is 29.8 Å². The van der Waals surface area contributed by atoms with Gasteiger partial charge in [-0.05, 0) is 50.1 Å². The predicted octanol–water partition coefficient (Wildman–Crippen LogP) is 2.94. The minimum absolute atomic E-state index is 0.0280. The van der Waals surface area contributed by atoms with Crippen molar-refractivity contribution in [1.29, 1.82) is 0 Å². The first-order valence-electron chi connectivity index (χ1n) is 8.27. The van der Waals surface area contributed by atoms with Gasteiger partial charge in [0.2, 0.25) is 5.91 Å². The third-order valence-electron chi connectivity index (χ3n) is 4.13. The fourth-order valence-corrected chi connectivity index (χ4v) is 2.78. The van der Waals surface area contributed by atoms with Gasteiger partial charge in [0, 0.05) is 11.7 Å². The first-order chi connectivity index (χ1) is 11.7. The summed E-state index contributed by atoms with van der Waals surface area (Å²) in [6.45, 7) is 4.65. The second kappa shape index (κ2) is 7.47. The van der Waals surface area contributed by atoms with Crippen LogP contribution in [0.15, 0.2) is 48.5 Å². The molecule has 0 bridgehead atoms. The molecule has 0 aliphatic carbocycles. The van der Waals surface area contributed by atoms with Gasteiger partial charge < -0.3 is 10.1 Å². The maximum Gasteiger partial charge on any atom is 0.242 e. The van der Waals surface area contributed by atoms with Crippen molar-refractivity contribution >= 4 is 11.6 Å². The molecule has 0 saturated carbocycles. The van der Waals surface area contributed by atoms with E-state index in [1.165, 1.54) is 5.56 Å². The van der Waals surface area contributed by atoms with E-state index >= 15 is 0 Å². The summed E-state index contributed by atoms with van der Waals surface area (Å²) in [4.78, 5) is 12.4. The fraction of sp³-hybridized carbons (Fsp3) is 0.316. The number of benzene rings is 2. The molecule has 5 heteroatoms. The smallest absolute Gasteiger partial charge is 0.242 e. The van der Waals surface area contributed by atoms with Gasteiger partial charge in [-0.15, -0.1) is 0 Å². The molecule has 2 atom stereocenters. The Bertz CT molecular complexity index is 683. The van der Waals surface area contributed by atoms with Crippen LogP contribution in [0, 0.1) is 6.92 Å². The monoisotopic (exact) mass is 325 g/mol. The molecule has 1 aliphatic rings. The van der Waals surface area contributed by atoms with Crippen molar-refractivity contribution < 1.29 is 9.53 Å². The molecule has 24 heavy (non-hydrogen) atoms. The van der Waals surface area contributed by atoms with Gasteiger partial charge in [-0.2, -0.15) is 0 Å². The van der Waals surface area contributed by atoms with Crippen molar-refractivity contribution in [3.05, 3.63) is 59.7 Å². The van der Waals surface area contributed by atoms with E-state index in [1.807, 2.05) is 62.4 Å². The number of hydrogen-bond donors (Lipinski definition) is 3. The highest BCUT2D eigenvalue weighted by molar-refractivity contribution is 5.95. The minimum atomic E-state index is -0.261. The van der Waals surface area contributed by atoms with E-state index in [1.54, 1.807) is 0 Å². The predicted molar refractivity (Wildman–Crippen MR) is 94.8 cm³/mol. The summed E-state index contributed by atoms with van der Waals surface area (Å²) in [5.74, 6) is 0.834. The molecule has 3 rings (SSSR count). The van der Waals surface area contributed by atoms with Crippen LogP contribution < -0.4 is 20.9 Å². The maximum absolute atomic E-state index is 12.4. The number of nitrogens with one attached hydrogen (secondary N) is 3. The van der Waals surface area contributed by atoms with E-state index in [2.05, 4.69) is 16.2 Å². The molecule has 2 unspecified atom stereocenters. The molecule has 1 saturated heterocycles. The molecule has 3 N–H and O–H groups in total. The van der Waals surface area contributed by atoms with Crippen molar-refractivity contribution in [2.45, 2.75) is 32.4 Å². The molecule has 5 nitrogen and oxygen atoms in total. The average molecular weight is 325 g/mol. The van der Waals surface area contributed by atoms with Crippen LogP contribution in [0.25, 0.3) is 0 Å². The Morgan fingerprint density at radius 3 is 2.50 bits per heavy atom. The van der Waals surface area contributed by atoms with Crippen molar-refractivity contribution in [1.82, 2.24) is 10.9 Å². The van der Waals surface area contributed by atoms with E-state index in [9.17, 15) is 4.79 Å². The molecule has 0 spiro atoms. The average Bonchev–Trinajstić information content (AvgIpc) is 3.08. The third kappa shape index (κ3) is 3.93. The number of aryl methyl sites for hydroxylation is 1. The summed E-state index contributed by atoms with van der Waals surface area (Å²) in [7, 11) is 0. The Morgan fingerprint density at radius 1 is 1.12 bits per heavy atom. The normalized spacial score (nSPS) is 19.9. The number of carbonyl (C=O) groups excluding carboxylic acids is 1. The number of hydrogen-bond acceptors (Lipinski definition) is 4. The second-order valence-corrected chi connectivity index (χ2v) is 5.99. The minimum Gasteiger partial charge on any atom is -0.494 e. The number of carbonyl (C=O) groups is 1. The lowest BCUT2D eigenvalue weighted by molar-refractivity contribution is -0.117. The quantitative estimate of drug-likeness (QED) is 0.791. The highest BCUT2D eigenvalue weighted by Gasteiger charge is 2.30. The lowest BCUT2D eigenvalue weighted by atomic mass is 10.0. The summed E-state index contributed by atoms with van der Waals surface area (Å²) in [6.07, 6.45) is 0.700. The lowest BCUT2D eigenvalue weighted by Crippen LogP contribution is -2.39. The van der Waals surface area contributed by atoms with Gasteiger partial charge in [0.1, 0.15) is 11.8 Å². The summed E-state index contributed by atoms with van der Waals surface area (Å²) < 4.78 is 5.46. The zero-order chi connectivity index (χ0) is 16.9. The summed E-state index contributed by atoms with van der Waals surface area (Å²) >= 11 is 0. The maximum atomic E-state index is 12.4. The summed E-state index contributed by atoms with van der Waals surface area (Å²) in [5, 5.41) is 2.95. The Hall–Kier alpha value is -2.37. The van der Waals surface area contributed by atoms with E-state index in [-0.39, 0.29) is 18.0 Å². The van der Waals surface area contributed by atoms with Crippen LogP contribution in [0.5, 0.6) is 5.75 Å². The van der Waals surface area contributed by atoms with Crippen molar-refractivity contribution in [3.8, 4) is 5.75 Å². The summed E-state index contributed by atoms with van der Waals surface area (Å²) in [5.41, 5.74) is 9.40.